The number of nitrogens with one attached hydrogen (secondary N) is 2. The highest BCUT2D eigenvalue weighted by Gasteiger charge is 2.22. The first-order valence-corrected chi connectivity index (χ1v) is 7.66. The lowest BCUT2D eigenvalue weighted by molar-refractivity contribution is 0.176. The first kappa shape index (κ1) is 14.3. The van der Waals surface area contributed by atoms with E-state index in [0.29, 0.717) is 11.0 Å². The number of nitrogens with zero attached hydrogens (tertiary/aromatic N) is 1. The molecule has 0 spiro atoms. The van der Waals surface area contributed by atoms with Gasteiger partial charge in [0.25, 0.3) is 0 Å². The molecule has 0 aliphatic heterocycles. The highest BCUT2D eigenvalue weighted by molar-refractivity contribution is 7.15. The van der Waals surface area contributed by atoms with Gasteiger partial charge in [-0.15, -0.1) is 11.3 Å². The van der Waals surface area contributed by atoms with Crippen molar-refractivity contribution in [2.45, 2.75) is 45.1 Å². The van der Waals surface area contributed by atoms with Gasteiger partial charge in [-0.05, 0) is 38.0 Å². The number of aliphatic hydroxyl groups is 1. The van der Waals surface area contributed by atoms with Gasteiger partial charge in [-0.25, -0.2) is 9.78 Å². The van der Waals surface area contributed by atoms with E-state index in [-0.39, 0.29) is 18.7 Å². The minimum Gasteiger partial charge on any atom is -0.396 e. The number of aromatic nitrogens is 1. The highest BCUT2D eigenvalue weighted by atomic mass is 32.1. The van der Waals surface area contributed by atoms with Crippen LogP contribution in [0.5, 0.6) is 0 Å². The zero-order valence-corrected chi connectivity index (χ0v) is 12.0. The molecule has 0 bridgehead atoms. The van der Waals surface area contributed by atoms with Crippen molar-refractivity contribution in [2.24, 2.45) is 5.92 Å². The van der Waals surface area contributed by atoms with Gasteiger partial charge in [0.2, 0.25) is 0 Å². The van der Waals surface area contributed by atoms with Crippen molar-refractivity contribution in [2.75, 3.05) is 11.9 Å². The van der Waals surface area contributed by atoms with Crippen LogP contribution in [0.1, 0.15) is 37.5 Å². The second-order valence-electron chi connectivity index (χ2n) is 4.98. The topological polar surface area (TPSA) is 74.2 Å². The van der Waals surface area contributed by atoms with Gasteiger partial charge in [-0.2, -0.15) is 0 Å². The fraction of sp³-hybridized carbons (Fsp3) is 0.692. The third kappa shape index (κ3) is 4.18. The summed E-state index contributed by atoms with van der Waals surface area (Å²) in [6, 6.07) is 0.0397. The lowest BCUT2D eigenvalue weighted by Gasteiger charge is -2.27. The van der Waals surface area contributed by atoms with Crippen LogP contribution in [-0.4, -0.2) is 28.8 Å². The molecule has 0 atom stereocenters. The maximum atomic E-state index is 11.8. The third-order valence-electron chi connectivity index (χ3n) is 3.56. The maximum absolute atomic E-state index is 11.8. The summed E-state index contributed by atoms with van der Waals surface area (Å²) in [4.78, 5) is 17.1. The molecule has 1 aromatic rings. The van der Waals surface area contributed by atoms with E-state index >= 15 is 0 Å². The van der Waals surface area contributed by atoms with Crippen LogP contribution in [-0.2, 0) is 6.42 Å². The Morgan fingerprint density at radius 3 is 2.79 bits per heavy atom. The Hall–Kier alpha value is -1.14. The van der Waals surface area contributed by atoms with Crippen LogP contribution in [0.25, 0.3) is 0 Å². The van der Waals surface area contributed by atoms with E-state index in [1.54, 1.807) is 6.20 Å². The van der Waals surface area contributed by atoms with Crippen molar-refractivity contribution in [3.05, 3.63) is 11.1 Å². The molecule has 2 rings (SSSR count). The summed E-state index contributed by atoms with van der Waals surface area (Å²) in [6.07, 6.45) is 6.59. The van der Waals surface area contributed by atoms with Crippen molar-refractivity contribution < 1.29 is 9.90 Å². The van der Waals surface area contributed by atoms with Gasteiger partial charge in [0.1, 0.15) is 0 Å². The first-order valence-electron chi connectivity index (χ1n) is 6.84. The number of aliphatic hydroxyl groups excluding tert-OH is 1. The lowest BCUT2D eigenvalue weighted by Crippen LogP contribution is -2.40. The van der Waals surface area contributed by atoms with Crippen molar-refractivity contribution in [1.82, 2.24) is 10.3 Å². The van der Waals surface area contributed by atoms with Gasteiger partial charge < -0.3 is 10.4 Å². The number of anilines is 1. The lowest BCUT2D eigenvalue weighted by atomic mass is 9.87. The SMILES string of the molecule is CCc1cnc(NC(=O)NC2CCC(CO)CC2)s1. The normalized spacial score (nSPS) is 23.1. The second-order valence-corrected chi connectivity index (χ2v) is 6.10. The Labute approximate surface area is 117 Å². The molecule has 19 heavy (non-hydrogen) atoms. The van der Waals surface area contributed by atoms with E-state index in [9.17, 15) is 4.79 Å². The molecule has 1 heterocycles. The molecule has 0 unspecified atom stereocenters. The highest BCUT2D eigenvalue weighted by Crippen LogP contribution is 2.24. The molecule has 1 aliphatic carbocycles. The zero-order chi connectivity index (χ0) is 13.7. The number of rotatable bonds is 4. The minimum atomic E-state index is -0.176. The molecule has 0 aromatic carbocycles. The standard InChI is InChI=1S/C13H21N3O2S/c1-2-11-7-14-13(19-11)16-12(18)15-10-5-3-9(8-17)4-6-10/h7,9-10,17H,2-6,8H2,1H3,(H2,14,15,16,18). The van der Waals surface area contributed by atoms with Gasteiger partial charge in [-0.3, -0.25) is 5.32 Å². The van der Waals surface area contributed by atoms with E-state index in [1.807, 2.05) is 0 Å². The molecule has 106 valence electrons. The van der Waals surface area contributed by atoms with Gasteiger partial charge in [0.05, 0.1) is 0 Å². The molecule has 5 nitrogen and oxygen atoms in total. The van der Waals surface area contributed by atoms with E-state index < -0.39 is 0 Å². The largest absolute Gasteiger partial charge is 0.396 e. The smallest absolute Gasteiger partial charge is 0.321 e. The van der Waals surface area contributed by atoms with E-state index in [1.165, 1.54) is 16.2 Å². The summed E-state index contributed by atoms with van der Waals surface area (Å²) in [5, 5.41) is 15.5. The molecule has 1 aliphatic rings. The van der Waals surface area contributed by atoms with Crippen LogP contribution in [0.3, 0.4) is 0 Å². The van der Waals surface area contributed by atoms with Crippen LogP contribution in [0.4, 0.5) is 9.93 Å². The van der Waals surface area contributed by atoms with Gasteiger partial charge >= 0.3 is 6.03 Å². The van der Waals surface area contributed by atoms with Crippen molar-refractivity contribution in [1.29, 1.82) is 0 Å². The van der Waals surface area contributed by atoms with Crippen LogP contribution in [0.15, 0.2) is 6.20 Å². The number of hydrogen-bond acceptors (Lipinski definition) is 4. The summed E-state index contributed by atoms with van der Waals surface area (Å²) >= 11 is 1.51. The maximum Gasteiger partial charge on any atom is 0.321 e. The molecule has 1 saturated carbocycles. The Morgan fingerprint density at radius 1 is 1.47 bits per heavy atom. The van der Waals surface area contributed by atoms with E-state index in [0.717, 1.165) is 32.1 Å². The number of aryl methyl sites for hydroxylation is 1. The predicted molar refractivity (Wildman–Crippen MR) is 76.5 cm³/mol. The van der Waals surface area contributed by atoms with E-state index in [4.69, 9.17) is 5.11 Å². The number of hydrogen-bond donors (Lipinski definition) is 3. The van der Waals surface area contributed by atoms with Crippen LogP contribution < -0.4 is 10.6 Å². The Morgan fingerprint density at radius 2 is 2.21 bits per heavy atom. The Bertz CT molecular complexity index is 414. The van der Waals surface area contributed by atoms with Crippen LogP contribution in [0, 0.1) is 5.92 Å². The summed E-state index contributed by atoms with van der Waals surface area (Å²) in [5.41, 5.74) is 0. The van der Waals surface area contributed by atoms with Gasteiger partial charge in [0.15, 0.2) is 5.13 Å². The quantitative estimate of drug-likeness (QED) is 0.794. The predicted octanol–water partition coefficient (Wildman–Crippen LogP) is 2.38. The van der Waals surface area contributed by atoms with Crippen LogP contribution in [0.2, 0.25) is 0 Å². The number of amides is 2. The molecule has 2 amide bonds. The van der Waals surface area contributed by atoms with Crippen molar-refractivity contribution in [3.8, 4) is 0 Å². The summed E-state index contributed by atoms with van der Waals surface area (Å²) in [5.74, 6) is 0.409. The molecule has 1 fully saturated rings. The Balaban J connectivity index is 1.75. The molecule has 3 N–H and O–H groups in total. The van der Waals surface area contributed by atoms with E-state index in [2.05, 4.69) is 22.5 Å². The molecule has 0 radical (unpaired) electrons. The second kappa shape index (κ2) is 6.86. The van der Waals surface area contributed by atoms with Crippen molar-refractivity contribution >= 4 is 22.5 Å². The summed E-state index contributed by atoms with van der Waals surface area (Å²) in [7, 11) is 0. The molecule has 0 saturated heterocycles. The molecule has 1 aromatic heterocycles. The minimum absolute atomic E-state index is 0.176. The monoisotopic (exact) mass is 283 g/mol. The average Bonchev–Trinajstić information content (AvgIpc) is 2.87. The van der Waals surface area contributed by atoms with Gasteiger partial charge in [0, 0.05) is 23.7 Å². The fourth-order valence-corrected chi connectivity index (χ4v) is 3.08. The zero-order valence-electron chi connectivity index (χ0n) is 11.2. The average molecular weight is 283 g/mol. The first-order chi connectivity index (χ1) is 9.21. The molecular formula is C13H21N3O2S. The van der Waals surface area contributed by atoms with Crippen LogP contribution >= 0.6 is 11.3 Å². The molecular weight excluding hydrogens is 262 g/mol. The number of urea groups is 1. The summed E-state index contributed by atoms with van der Waals surface area (Å²) in [6.45, 7) is 2.33. The summed E-state index contributed by atoms with van der Waals surface area (Å²) < 4.78 is 0. The number of thiazole rings is 1. The van der Waals surface area contributed by atoms with Gasteiger partial charge in [-0.1, -0.05) is 6.92 Å². The number of carbonyl (C=O) groups is 1. The fourth-order valence-electron chi connectivity index (χ4n) is 2.34. The Kier molecular flexibility index (Phi) is 5.15. The third-order valence-corrected chi connectivity index (χ3v) is 4.62. The van der Waals surface area contributed by atoms with Crippen molar-refractivity contribution in [3.63, 3.8) is 0 Å². The number of carbonyl (C=O) groups excluding carboxylic acids is 1. The molecule has 6 heteroatoms.